The van der Waals surface area contributed by atoms with Crippen molar-refractivity contribution < 1.29 is 55.1 Å². The third-order valence-electron chi connectivity index (χ3n) is 11.2. The maximum absolute atomic E-state index is 9.93. The molecule has 0 aromatic rings. The van der Waals surface area contributed by atoms with Gasteiger partial charge in [-0.15, -0.1) is 0 Å². The molecule has 1 aliphatic heterocycles. The Hall–Kier alpha value is 2.08. The standard InChI is InChI=1S/C37H94O13Si12/c1-53(2,3)42-52(43-57(10,11)47-61(18,19)48-58(12,13)45-55(6,7)31-29-34-24-27-36-37(32-34)39-36)40-51-41-56(8,9)46-60(16,17)50-62(20,21)49-59(14,15)44-54(4,5)30-28-33-22-25-35(38)26-23-33/h33-38,52H,22-32,51H2,1-21H3. The lowest BCUT2D eigenvalue weighted by Gasteiger charge is -2.42. The van der Waals surface area contributed by atoms with E-state index in [9.17, 15) is 5.11 Å². The van der Waals surface area contributed by atoms with Crippen LogP contribution in [0.3, 0.4) is 0 Å². The molecule has 3 fully saturated rings. The van der Waals surface area contributed by atoms with Crippen molar-refractivity contribution in [2.45, 2.75) is 226 Å². The van der Waals surface area contributed by atoms with Crippen molar-refractivity contribution in [1.29, 1.82) is 0 Å². The van der Waals surface area contributed by atoms with Gasteiger partial charge in [0.15, 0.2) is 25.0 Å². The maximum atomic E-state index is 9.93. The molecule has 0 amide bonds. The lowest BCUT2D eigenvalue weighted by atomic mass is 9.86. The van der Waals surface area contributed by atoms with Gasteiger partial charge in [0.2, 0.25) is 0 Å². The summed E-state index contributed by atoms with van der Waals surface area (Å²) in [5, 5.41) is 9.93. The van der Waals surface area contributed by atoms with Crippen LogP contribution in [-0.4, -0.2) is 128 Å². The fourth-order valence-electron chi connectivity index (χ4n) is 9.68. The van der Waals surface area contributed by atoms with Gasteiger partial charge >= 0.3 is 69.5 Å². The number of fused-ring (bicyclic) bond motifs is 1. The molecule has 2 saturated carbocycles. The number of hydrogen-bond donors (Lipinski definition) is 1. The Morgan fingerprint density at radius 2 is 0.871 bits per heavy atom. The van der Waals surface area contributed by atoms with Gasteiger partial charge in [0.1, 0.15) is 0 Å². The number of aliphatic hydroxyl groups is 1. The van der Waals surface area contributed by atoms with E-state index in [4.69, 9.17) is 50.0 Å². The van der Waals surface area contributed by atoms with E-state index < -0.39 is 104 Å². The smallest absolute Gasteiger partial charge is 0.436 e. The zero-order valence-corrected chi connectivity index (χ0v) is 55.9. The summed E-state index contributed by atoms with van der Waals surface area (Å²) in [4.78, 5) is 0. The molecule has 0 spiro atoms. The van der Waals surface area contributed by atoms with Gasteiger partial charge in [-0.25, -0.2) is 0 Å². The van der Waals surface area contributed by atoms with Crippen LogP contribution in [0.15, 0.2) is 0 Å². The fraction of sp³-hybridized carbons (Fsp3) is 1.00. The highest BCUT2D eigenvalue weighted by Gasteiger charge is 2.49. The van der Waals surface area contributed by atoms with Crippen LogP contribution >= 0.6 is 0 Å². The largest absolute Gasteiger partial charge is 0.455 e. The Bertz CT molecular complexity index is 1390. The van der Waals surface area contributed by atoms with Crippen molar-refractivity contribution in [1.82, 2.24) is 0 Å². The lowest BCUT2D eigenvalue weighted by Crippen LogP contribution is -2.59. The van der Waals surface area contributed by atoms with E-state index in [0.29, 0.717) is 18.1 Å². The average Bonchev–Trinajstić information content (AvgIpc) is 3.77. The Morgan fingerprint density at radius 3 is 1.32 bits per heavy atom. The predicted octanol–water partition coefficient (Wildman–Crippen LogP) is 9.94. The molecule has 0 aromatic carbocycles. The molecule has 368 valence electrons. The van der Waals surface area contributed by atoms with Crippen LogP contribution in [0, 0.1) is 11.8 Å². The third kappa shape index (κ3) is 24.1. The molecule has 1 N–H and O–H groups in total. The summed E-state index contributed by atoms with van der Waals surface area (Å²) in [5.74, 6) is 1.45. The molecule has 1 saturated heterocycles. The second kappa shape index (κ2) is 22.4. The van der Waals surface area contributed by atoms with Crippen molar-refractivity contribution in [3.63, 3.8) is 0 Å². The Kier molecular flexibility index (Phi) is 21.1. The van der Waals surface area contributed by atoms with Crippen molar-refractivity contribution in [3.8, 4) is 0 Å². The van der Waals surface area contributed by atoms with Gasteiger partial charge in [-0.3, -0.25) is 0 Å². The van der Waals surface area contributed by atoms with Crippen molar-refractivity contribution in [3.05, 3.63) is 0 Å². The maximum Gasteiger partial charge on any atom is 0.455 e. The molecular formula is C37H94O13Si12. The monoisotopic (exact) mass is 1080 g/mol. The van der Waals surface area contributed by atoms with Gasteiger partial charge in [0.05, 0.1) is 18.3 Å². The molecule has 62 heavy (non-hydrogen) atoms. The molecular weight excluding hydrogens is 989 g/mol. The molecule has 4 atom stereocenters. The number of hydrogen-bond acceptors (Lipinski definition) is 13. The molecule has 1 heterocycles. The first-order valence-corrected chi connectivity index (χ1v) is 55.5. The van der Waals surface area contributed by atoms with Crippen LogP contribution in [0.2, 0.25) is 150 Å². The minimum Gasteiger partial charge on any atom is -0.436 e. The zero-order valence-electron chi connectivity index (χ0n) is 43.3. The van der Waals surface area contributed by atoms with Crippen LogP contribution in [0.5, 0.6) is 0 Å². The van der Waals surface area contributed by atoms with E-state index in [-0.39, 0.29) is 6.10 Å². The van der Waals surface area contributed by atoms with E-state index in [1.165, 1.54) is 32.1 Å². The summed E-state index contributed by atoms with van der Waals surface area (Å²) in [6, 6.07) is 2.25. The molecule has 0 radical (unpaired) electrons. The summed E-state index contributed by atoms with van der Waals surface area (Å²) in [5.41, 5.74) is 0. The summed E-state index contributed by atoms with van der Waals surface area (Å²) < 4.78 is 80.2. The van der Waals surface area contributed by atoms with Crippen LogP contribution in [0.25, 0.3) is 0 Å². The topological polar surface area (TPSA) is 134 Å². The summed E-state index contributed by atoms with van der Waals surface area (Å²) in [6.45, 7) is 45.3. The van der Waals surface area contributed by atoms with Crippen LogP contribution in [-0.2, 0) is 50.0 Å². The summed E-state index contributed by atoms with van der Waals surface area (Å²) >= 11 is 0. The lowest BCUT2D eigenvalue weighted by molar-refractivity contribution is 0.107. The van der Waals surface area contributed by atoms with Crippen LogP contribution in [0.1, 0.15) is 57.8 Å². The molecule has 0 aromatic heterocycles. The molecule has 3 aliphatic rings. The van der Waals surface area contributed by atoms with E-state index in [1.54, 1.807) is 0 Å². The van der Waals surface area contributed by atoms with E-state index in [2.05, 4.69) is 137 Å². The molecule has 4 unspecified atom stereocenters. The second-order valence-electron chi connectivity index (χ2n) is 23.7. The molecule has 25 heteroatoms. The highest BCUT2D eigenvalue weighted by Crippen LogP contribution is 2.42. The van der Waals surface area contributed by atoms with Crippen molar-refractivity contribution >= 4 is 104 Å². The third-order valence-corrected chi connectivity index (χ3v) is 53.7. The minimum atomic E-state index is -2.76. The van der Waals surface area contributed by atoms with Crippen molar-refractivity contribution in [2.24, 2.45) is 11.8 Å². The second-order valence-corrected chi connectivity index (χ2v) is 66.5. The first kappa shape index (κ1) is 58.4. The molecule has 2 aliphatic carbocycles. The predicted molar refractivity (Wildman–Crippen MR) is 281 cm³/mol. The van der Waals surface area contributed by atoms with E-state index in [0.717, 1.165) is 43.7 Å². The zero-order chi connectivity index (χ0) is 47.4. The normalized spacial score (nSPS) is 24.8. The summed E-state index contributed by atoms with van der Waals surface area (Å²) in [6.07, 6.45) is 11.2. The average molecular weight is 1080 g/mol. The van der Waals surface area contributed by atoms with Gasteiger partial charge in [0, 0.05) is 0 Å². The number of epoxide rings is 1. The molecule has 13 nitrogen and oxygen atoms in total. The Morgan fingerprint density at radius 1 is 0.468 bits per heavy atom. The van der Waals surface area contributed by atoms with Crippen LogP contribution < -0.4 is 0 Å². The van der Waals surface area contributed by atoms with E-state index in [1.807, 2.05) is 0 Å². The summed E-state index contributed by atoms with van der Waals surface area (Å²) in [7, 11) is -28.5. The first-order valence-electron chi connectivity index (χ1n) is 23.6. The first-order chi connectivity index (χ1) is 27.8. The Labute approximate surface area is 394 Å². The van der Waals surface area contributed by atoms with Gasteiger partial charge < -0.3 is 55.1 Å². The number of ether oxygens (including phenoxy) is 1. The fourth-order valence-corrected chi connectivity index (χ4v) is 60.1. The van der Waals surface area contributed by atoms with Gasteiger partial charge in [-0.1, -0.05) is 12.8 Å². The Balaban J connectivity index is 1.51. The van der Waals surface area contributed by atoms with Gasteiger partial charge in [-0.2, -0.15) is 0 Å². The SMILES string of the molecule is C[Si](C)(C)O[SiH](O[SiH2]O[Si](C)(C)O[Si](C)(C)O[Si](C)(C)O[Si](C)(C)O[Si](C)(C)CCC1CCC(O)CC1)O[Si](C)(C)O[Si](C)(C)O[Si](C)(C)O[Si](C)(C)CCC1CCC2OC2C1. The highest BCUT2D eigenvalue weighted by atomic mass is 28.5. The highest BCUT2D eigenvalue weighted by molar-refractivity contribution is 6.91. The van der Waals surface area contributed by atoms with Gasteiger partial charge in [0.25, 0.3) is 10.0 Å². The number of aliphatic hydroxyl groups excluding tert-OH is 1. The number of rotatable bonds is 28. The molecule has 0 bridgehead atoms. The van der Waals surface area contributed by atoms with Crippen LogP contribution in [0.4, 0.5) is 0 Å². The van der Waals surface area contributed by atoms with Gasteiger partial charge in [-0.05, 0) is 206 Å². The quantitative estimate of drug-likeness (QED) is 0.0589. The van der Waals surface area contributed by atoms with E-state index >= 15 is 0 Å². The minimum absolute atomic E-state index is 0.114. The molecule has 3 rings (SSSR count). The van der Waals surface area contributed by atoms with Crippen molar-refractivity contribution in [2.75, 3.05) is 0 Å².